The van der Waals surface area contributed by atoms with Crippen LogP contribution in [-0.2, 0) is 20.9 Å². The van der Waals surface area contributed by atoms with Crippen LogP contribution in [0.5, 0.6) is 0 Å². The third kappa shape index (κ3) is 5.99. The van der Waals surface area contributed by atoms with Gasteiger partial charge in [-0.25, -0.2) is 4.98 Å². The number of anilines is 3. The number of hydrogen-bond donors (Lipinski definition) is 2. The molecule has 11 heteroatoms. The second kappa shape index (κ2) is 10.9. The molecule has 0 saturated carbocycles. The minimum absolute atomic E-state index is 0.242. The topological polar surface area (TPSA) is 113 Å². The maximum absolute atomic E-state index is 13.1. The van der Waals surface area contributed by atoms with E-state index in [2.05, 4.69) is 20.1 Å². The van der Waals surface area contributed by atoms with Crippen LogP contribution in [0.3, 0.4) is 0 Å². The molecule has 2 aliphatic rings. The maximum Gasteiger partial charge on any atom is 0.275 e. The summed E-state index contributed by atoms with van der Waals surface area (Å²) in [5, 5.41) is 5.69. The molecular weight excluding hydrogens is 444 g/mol. The first-order valence-electron chi connectivity index (χ1n) is 11.0. The Morgan fingerprint density at radius 2 is 1.91 bits per heavy atom. The van der Waals surface area contributed by atoms with Crippen LogP contribution in [0.1, 0.15) is 16.1 Å². The van der Waals surface area contributed by atoms with E-state index in [1.165, 1.54) is 11.3 Å². The molecule has 0 spiro atoms. The third-order valence-corrected chi connectivity index (χ3v) is 6.62. The van der Waals surface area contributed by atoms with Gasteiger partial charge in [0, 0.05) is 51.8 Å². The van der Waals surface area contributed by atoms with Crippen molar-refractivity contribution in [3.05, 3.63) is 34.8 Å². The average molecular weight is 475 g/mol. The number of nitrogens with one attached hydrogen (secondary N) is 1. The number of aromatic nitrogens is 1. The van der Waals surface area contributed by atoms with E-state index in [0.29, 0.717) is 25.5 Å². The van der Waals surface area contributed by atoms with Crippen LogP contribution in [0, 0.1) is 0 Å². The number of amides is 2. The number of rotatable bonds is 8. The lowest BCUT2D eigenvalue weighted by Gasteiger charge is -2.36. The predicted octanol–water partition coefficient (Wildman–Crippen LogP) is 0.986. The van der Waals surface area contributed by atoms with Crippen molar-refractivity contribution in [2.24, 2.45) is 5.73 Å². The number of hydrogen-bond acceptors (Lipinski definition) is 9. The Labute approximate surface area is 197 Å². The van der Waals surface area contributed by atoms with Gasteiger partial charge < -0.3 is 30.3 Å². The monoisotopic (exact) mass is 474 g/mol. The normalized spacial score (nSPS) is 17.2. The number of piperazine rings is 1. The smallest absolute Gasteiger partial charge is 0.275 e. The van der Waals surface area contributed by atoms with Gasteiger partial charge in [-0.2, -0.15) is 0 Å². The van der Waals surface area contributed by atoms with Crippen molar-refractivity contribution >= 4 is 39.7 Å². The van der Waals surface area contributed by atoms with Crippen LogP contribution < -0.4 is 20.9 Å². The number of primary amides is 1. The van der Waals surface area contributed by atoms with Crippen LogP contribution in [0.2, 0.25) is 0 Å². The van der Waals surface area contributed by atoms with Gasteiger partial charge in [0.05, 0.1) is 37.7 Å². The van der Waals surface area contributed by atoms with Gasteiger partial charge >= 0.3 is 0 Å². The second-order valence-electron chi connectivity index (χ2n) is 8.08. The maximum atomic E-state index is 13.1. The average Bonchev–Trinajstić information content (AvgIpc) is 3.31. The van der Waals surface area contributed by atoms with Crippen molar-refractivity contribution in [1.82, 2.24) is 9.88 Å². The summed E-state index contributed by atoms with van der Waals surface area (Å²) in [4.78, 5) is 35.2. The minimum Gasteiger partial charge on any atom is -0.380 e. The van der Waals surface area contributed by atoms with Gasteiger partial charge in [-0.15, -0.1) is 11.3 Å². The van der Waals surface area contributed by atoms with Crippen LogP contribution in [-0.4, -0.2) is 87.8 Å². The molecule has 4 rings (SSSR count). The highest BCUT2D eigenvalue weighted by Gasteiger charge is 2.23. The van der Waals surface area contributed by atoms with Crippen molar-refractivity contribution < 1.29 is 19.1 Å². The predicted molar refractivity (Wildman–Crippen MR) is 128 cm³/mol. The molecule has 0 atom stereocenters. The molecule has 2 saturated heterocycles. The number of morpholine rings is 1. The Bertz CT molecular complexity index is 970. The van der Waals surface area contributed by atoms with E-state index in [1.807, 2.05) is 23.1 Å². The summed E-state index contributed by atoms with van der Waals surface area (Å²) in [6, 6.07) is 5.96. The molecule has 0 unspecified atom stereocenters. The van der Waals surface area contributed by atoms with Crippen LogP contribution in [0.15, 0.2) is 23.6 Å². The van der Waals surface area contributed by atoms with Crippen molar-refractivity contribution in [2.45, 2.75) is 6.61 Å². The zero-order valence-electron chi connectivity index (χ0n) is 18.8. The first-order chi connectivity index (χ1) is 16.0. The van der Waals surface area contributed by atoms with E-state index in [1.54, 1.807) is 12.5 Å². The van der Waals surface area contributed by atoms with E-state index in [9.17, 15) is 9.59 Å². The molecule has 2 aromatic rings. The summed E-state index contributed by atoms with van der Waals surface area (Å²) in [7, 11) is 1.65. The lowest BCUT2D eigenvalue weighted by atomic mass is 10.1. The van der Waals surface area contributed by atoms with Crippen LogP contribution in [0.4, 0.5) is 16.5 Å². The lowest BCUT2D eigenvalue weighted by molar-refractivity contribution is -0.119. The van der Waals surface area contributed by atoms with E-state index in [4.69, 9.17) is 15.2 Å². The molecule has 0 radical (unpaired) electrons. The van der Waals surface area contributed by atoms with Crippen molar-refractivity contribution in [1.29, 1.82) is 0 Å². The number of benzene rings is 1. The zero-order chi connectivity index (χ0) is 23.2. The molecule has 3 heterocycles. The Balaban J connectivity index is 1.49. The number of nitrogens with two attached hydrogens (primary N) is 1. The highest BCUT2D eigenvalue weighted by atomic mass is 32.1. The third-order valence-electron chi connectivity index (χ3n) is 5.72. The fourth-order valence-electron chi connectivity index (χ4n) is 4.04. The summed E-state index contributed by atoms with van der Waals surface area (Å²) in [6.45, 7) is 6.53. The standard InChI is InChI=1S/C22H30N6O4S/c1-31-14-16-2-3-19(27-6-4-26(5-7-27)13-20(23)29)17(12-16)24-21(30)18-15-33-22(25-18)28-8-10-32-11-9-28/h2-3,12,15H,4-11,13-14H2,1H3,(H2,23,29)(H,24,30). The molecule has 1 aromatic heterocycles. The molecule has 2 aliphatic heterocycles. The molecule has 1 aromatic carbocycles. The zero-order valence-corrected chi connectivity index (χ0v) is 19.6. The number of carbonyl (C=O) groups excluding carboxylic acids is 2. The molecule has 10 nitrogen and oxygen atoms in total. The van der Waals surface area contributed by atoms with Crippen molar-refractivity contribution in [3.63, 3.8) is 0 Å². The molecular formula is C22H30N6O4S. The quantitative estimate of drug-likeness (QED) is 0.582. The number of thiazole rings is 1. The SMILES string of the molecule is COCc1ccc(N2CCN(CC(N)=O)CC2)c(NC(=O)c2csc(N3CCOCC3)n2)c1. The number of ether oxygens (including phenoxy) is 2. The van der Waals surface area contributed by atoms with Gasteiger partial charge in [-0.3, -0.25) is 14.5 Å². The molecule has 3 N–H and O–H groups in total. The molecule has 0 bridgehead atoms. The minimum atomic E-state index is -0.319. The summed E-state index contributed by atoms with van der Waals surface area (Å²) in [5.74, 6) is -0.561. The van der Waals surface area contributed by atoms with Crippen LogP contribution in [0.25, 0.3) is 0 Å². The first-order valence-corrected chi connectivity index (χ1v) is 11.9. The Hall–Kier alpha value is -2.73. The Morgan fingerprint density at radius 1 is 1.15 bits per heavy atom. The largest absolute Gasteiger partial charge is 0.380 e. The summed E-state index contributed by atoms with van der Waals surface area (Å²) in [5.41, 5.74) is 8.35. The first kappa shape index (κ1) is 23.4. The molecule has 2 fully saturated rings. The van der Waals surface area contributed by atoms with Gasteiger partial charge in [0.25, 0.3) is 5.91 Å². The Morgan fingerprint density at radius 3 is 2.61 bits per heavy atom. The summed E-state index contributed by atoms with van der Waals surface area (Å²) >= 11 is 1.47. The van der Waals surface area contributed by atoms with E-state index in [-0.39, 0.29) is 18.4 Å². The van der Waals surface area contributed by atoms with E-state index in [0.717, 1.165) is 61.3 Å². The molecule has 2 amide bonds. The fraction of sp³-hybridized carbons (Fsp3) is 0.500. The lowest BCUT2D eigenvalue weighted by Crippen LogP contribution is -2.49. The molecule has 0 aliphatic carbocycles. The second-order valence-corrected chi connectivity index (χ2v) is 8.92. The molecule has 33 heavy (non-hydrogen) atoms. The highest BCUT2D eigenvalue weighted by Crippen LogP contribution is 2.30. The fourth-order valence-corrected chi connectivity index (χ4v) is 4.90. The number of methoxy groups -OCH3 is 1. The summed E-state index contributed by atoms with van der Waals surface area (Å²) in [6.07, 6.45) is 0. The van der Waals surface area contributed by atoms with Gasteiger partial charge in [-0.05, 0) is 17.7 Å². The van der Waals surface area contributed by atoms with E-state index < -0.39 is 0 Å². The number of carbonyl (C=O) groups is 2. The number of nitrogens with zero attached hydrogens (tertiary/aromatic N) is 4. The van der Waals surface area contributed by atoms with Gasteiger partial charge in [0.15, 0.2) is 5.13 Å². The van der Waals surface area contributed by atoms with Gasteiger partial charge in [-0.1, -0.05) is 6.07 Å². The van der Waals surface area contributed by atoms with Gasteiger partial charge in [0.2, 0.25) is 5.91 Å². The van der Waals surface area contributed by atoms with Crippen molar-refractivity contribution in [3.8, 4) is 0 Å². The van der Waals surface area contributed by atoms with Gasteiger partial charge in [0.1, 0.15) is 5.69 Å². The van der Waals surface area contributed by atoms with Crippen LogP contribution >= 0.6 is 11.3 Å². The summed E-state index contributed by atoms with van der Waals surface area (Å²) < 4.78 is 10.7. The molecule has 178 valence electrons. The highest BCUT2D eigenvalue weighted by molar-refractivity contribution is 7.14. The Kier molecular flexibility index (Phi) is 7.76. The van der Waals surface area contributed by atoms with Crippen molar-refractivity contribution in [2.75, 3.05) is 81.3 Å². The van der Waals surface area contributed by atoms with E-state index >= 15 is 0 Å².